The molecule has 1 aliphatic carbocycles. The van der Waals surface area contributed by atoms with Crippen molar-refractivity contribution < 1.29 is 4.79 Å². The summed E-state index contributed by atoms with van der Waals surface area (Å²) in [5.41, 5.74) is 5.69. The minimum absolute atomic E-state index is 0. The van der Waals surface area contributed by atoms with Crippen LogP contribution in [-0.4, -0.2) is 18.0 Å². The quantitative estimate of drug-likeness (QED) is 0.817. The zero-order chi connectivity index (χ0) is 13.7. The van der Waals surface area contributed by atoms with E-state index in [1.807, 2.05) is 6.92 Å². The number of amides is 1. The van der Waals surface area contributed by atoms with Gasteiger partial charge in [-0.1, -0.05) is 27.2 Å². The normalized spacial score (nSPS) is 28.6. The van der Waals surface area contributed by atoms with Crippen molar-refractivity contribution in [2.24, 2.45) is 23.5 Å². The van der Waals surface area contributed by atoms with Crippen LogP contribution < -0.4 is 11.1 Å². The van der Waals surface area contributed by atoms with Gasteiger partial charge in [0.1, 0.15) is 0 Å². The largest absolute Gasteiger partial charge is 0.353 e. The number of carbonyl (C=O) groups is 1. The van der Waals surface area contributed by atoms with Crippen molar-refractivity contribution in [3.05, 3.63) is 0 Å². The Kier molecular flexibility index (Phi) is 8.67. The Hall–Kier alpha value is -0.280. The molecule has 0 aromatic heterocycles. The minimum atomic E-state index is 0. The summed E-state index contributed by atoms with van der Waals surface area (Å²) in [6.45, 7) is 8.77. The van der Waals surface area contributed by atoms with E-state index < -0.39 is 0 Å². The van der Waals surface area contributed by atoms with E-state index in [2.05, 4.69) is 26.1 Å². The second-order valence-electron chi connectivity index (χ2n) is 6.52. The molecule has 0 bridgehead atoms. The van der Waals surface area contributed by atoms with Crippen LogP contribution in [0.5, 0.6) is 0 Å². The summed E-state index contributed by atoms with van der Waals surface area (Å²) >= 11 is 0. The highest BCUT2D eigenvalue weighted by molar-refractivity contribution is 5.85. The minimum Gasteiger partial charge on any atom is -0.353 e. The highest BCUT2D eigenvalue weighted by Gasteiger charge is 2.31. The topological polar surface area (TPSA) is 55.1 Å². The second-order valence-corrected chi connectivity index (χ2v) is 6.52. The monoisotopic (exact) mass is 290 g/mol. The molecule has 4 atom stereocenters. The Morgan fingerprint density at radius 2 is 1.95 bits per heavy atom. The predicted molar refractivity (Wildman–Crippen MR) is 83.4 cm³/mol. The number of nitrogens with two attached hydrogens (primary N) is 1. The molecule has 0 saturated heterocycles. The maximum atomic E-state index is 11.9. The Morgan fingerprint density at radius 3 is 2.47 bits per heavy atom. The summed E-state index contributed by atoms with van der Waals surface area (Å²) in [4.78, 5) is 11.9. The summed E-state index contributed by atoms with van der Waals surface area (Å²) in [7, 11) is 0. The van der Waals surface area contributed by atoms with Crippen LogP contribution in [0.25, 0.3) is 0 Å². The molecule has 114 valence electrons. The maximum absolute atomic E-state index is 11.9. The first-order chi connectivity index (χ1) is 8.40. The molecule has 0 heterocycles. The number of hydrogen-bond acceptors (Lipinski definition) is 2. The Morgan fingerprint density at radius 1 is 1.32 bits per heavy atom. The van der Waals surface area contributed by atoms with Crippen molar-refractivity contribution in [3.8, 4) is 0 Å². The zero-order valence-corrected chi connectivity index (χ0v) is 13.6. The lowest BCUT2D eigenvalue weighted by atomic mass is 9.74. The number of halogens is 1. The van der Waals surface area contributed by atoms with Gasteiger partial charge < -0.3 is 11.1 Å². The molecule has 1 rings (SSSR count). The average Bonchev–Trinajstić information content (AvgIpc) is 2.26. The average molecular weight is 291 g/mol. The molecule has 3 N–H and O–H groups in total. The molecule has 4 unspecified atom stereocenters. The van der Waals surface area contributed by atoms with Crippen LogP contribution in [-0.2, 0) is 4.79 Å². The molecular weight excluding hydrogens is 260 g/mol. The van der Waals surface area contributed by atoms with Crippen molar-refractivity contribution in [1.29, 1.82) is 0 Å². The second kappa shape index (κ2) is 8.80. The molecule has 1 fully saturated rings. The van der Waals surface area contributed by atoms with Crippen LogP contribution in [0.3, 0.4) is 0 Å². The van der Waals surface area contributed by atoms with Gasteiger partial charge in [-0.3, -0.25) is 4.79 Å². The predicted octanol–water partition coefficient (Wildman–Crippen LogP) is 3.11. The number of rotatable bonds is 5. The third-order valence-corrected chi connectivity index (χ3v) is 4.20. The van der Waals surface area contributed by atoms with Crippen LogP contribution in [0.15, 0.2) is 0 Å². The third kappa shape index (κ3) is 6.62. The smallest absolute Gasteiger partial charge is 0.220 e. The van der Waals surface area contributed by atoms with E-state index in [0.29, 0.717) is 24.3 Å². The number of carbonyl (C=O) groups excluding carboxylic acids is 1. The van der Waals surface area contributed by atoms with Gasteiger partial charge in [-0.25, -0.2) is 0 Å². The summed E-state index contributed by atoms with van der Waals surface area (Å²) in [6.07, 6.45) is 5.02. The van der Waals surface area contributed by atoms with Gasteiger partial charge in [0, 0.05) is 18.5 Å². The first-order valence-corrected chi connectivity index (χ1v) is 7.45. The van der Waals surface area contributed by atoms with Crippen LogP contribution >= 0.6 is 12.4 Å². The molecule has 1 amide bonds. The lowest BCUT2D eigenvalue weighted by Crippen LogP contribution is -2.45. The van der Waals surface area contributed by atoms with Crippen LogP contribution in [0.1, 0.15) is 59.8 Å². The Bertz CT molecular complexity index is 269. The van der Waals surface area contributed by atoms with Crippen molar-refractivity contribution in [2.75, 3.05) is 0 Å². The molecule has 0 aromatic rings. The van der Waals surface area contributed by atoms with Gasteiger partial charge in [0.25, 0.3) is 0 Å². The van der Waals surface area contributed by atoms with Gasteiger partial charge in [-0.2, -0.15) is 0 Å². The van der Waals surface area contributed by atoms with E-state index in [4.69, 9.17) is 5.73 Å². The van der Waals surface area contributed by atoms with Crippen molar-refractivity contribution >= 4 is 18.3 Å². The molecule has 0 spiro atoms. The van der Waals surface area contributed by atoms with Gasteiger partial charge in [0.15, 0.2) is 0 Å². The molecule has 1 aliphatic rings. The van der Waals surface area contributed by atoms with Gasteiger partial charge >= 0.3 is 0 Å². The molecule has 19 heavy (non-hydrogen) atoms. The molecule has 4 heteroatoms. The molecule has 1 saturated carbocycles. The van der Waals surface area contributed by atoms with Gasteiger partial charge in [0.05, 0.1) is 0 Å². The summed E-state index contributed by atoms with van der Waals surface area (Å²) in [5.74, 6) is 2.20. The summed E-state index contributed by atoms with van der Waals surface area (Å²) < 4.78 is 0. The first kappa shape index (κ1) is 18.7. The van der Waals surface area contributed by atoms with Gasteiger partial charge in [-0.05, 0) is 43.9 Å². The number of hydrogen-bond donors (Lipinski definition) is 2. The molecule has 0 radical (unpaired) electrons. The molecule has 0 aliphatic heterocycles. The van der Waals surface area contributed by atoms with E-state index >= 15 is 0 Å². The van der Waals surface area contributed by atoms with Gasteiger partial charge in [-0.15, -0.1) is 12.4 Å². The summed E-state index contributed by atoms with van der Waals surface area (Å²) in [6, 6.07) is 0.483. The lowest BCUT2D eigenvalue weighted by molar-refractivity contribution is -0.122. The van der Waals surface area contributed by atoms with Crippen molar-refractivity contribution in [2.45, 2.75) is 71.9 Å². The van der Waals surface area contributed by atoms with E-state index in [1.165, 1.54) is 12.8 Å². The third-order valence-electron chi connectivity index (χ3n) is 4.20. The SMILES string of the molecule is CC(N)CCC(=O)NC1CC(C)CCC1C(C)C.Cl. The summed E-state index contributed by atoms with van der Waals surface area (Å²) in [5, 5.41) is 3.24. The molecule has 0 aromatic carbocycles. The fourth-order valence-electron chi connectivity index (χ4n) is 3.01. The lowest BCUT2D eigenvalue weighted by Gasteiger charge is -2.37. The Balaban J connectivity index is 0.00000324. The fraction of sp³-hybridized carbons (Fsp3) is 0.933. The Labute approximate surface area is 124 Å². The van der Waals surface area contributed by atoms with Crippen molar-refractivity contribution in [1.82, 2.24) is 5.32 Å². The highest BCUT2D eigenvalue weighted by atomic mass is 35.5. The zero-order valence-electron chi connectivity index (χ0n) is 12.8. The van der Waals surface area contributed by atoms with Crippen LogP contribution in [0, 0.1) is 17.8 Å². The van der Waals surface area contributed by atoms with E-state index in [0.717, 1.165) is 18.8 Å². The first-order valence-electron chi connectivity index (χ1n) is 7.45. The van der Waals surface area contributed by atoms with E-state index in [-0.39, 0.29) is 24.4 Å². The fourth-order valence-corrected chi connectivity index (χ4v) is 3.01. The van der Waals surface area contributed by atoms with Crippen LogP contribution in [0.4, 0.5) is 0 Å². The van der Waals surface area contributed by atoms with E-state index in [1.54, 1.807) is 0 Å². The van der Waals surface area contributed by atoms with Crippen LogP contribution in [0.2, 0.25) is 0 Å². The standard InChI is InChI=1S/C15H30N2O.ClH/c1-10(2)13-7-5-11(3)9-14(13)17-15(18)8-6-12(4)16;/h10-14H,5-9,16H2,1-4H3,(H,17,18);1H. The van der Waals surface area contributed by atoms with E-state index in [9.17, 15) is 4.79 Å². The van der Waals surface area contributed by atoms with Crippen molar-refractivity contribution in [3.63, 3.8) is 0 Å². The number of nitrogens with one attached hydrogen (secondary N) is 1. The molecule has 3 nitrogen and oxygen atoms in total. The maximum Gasteiger partial charge on any atom is 0.220 e. The van der Waals surface area contributed by atoms with Gasteiger partial charge in [0.2, 0.25) is 5.91 Å². The molecular formula is C15H31ClN2O. The highest BCUT2D eigenvalue weighted by Crippen LogP contribution is 2.33.